The van der Waals surface area contributed by atoms with Crippen molar-refractivity contribution in [2.75, 3.05) is 0 Å². The van der Waals surface area contributed by atoms with Gasteiger partial charge in [0, 0.05) is 42.3 Å². The molecule has 6 heteroatoms. The van der Waals surface area contributed by atoms with Crippen LogP contribution in [0.15, 0.2) is 77.8 Å². The predicted molar refractivity (Wildman–Crippen MR) is 104 cm³/mol. The van der Waals surface area contributed by atoms with Gasteiger partial charge in [-0.15, -0.1) is 0 Å². The molecule has 3 rings (SSSR count). The maximum Gasteiger partial charge on any atom is 0.242 e. The zero-order valence-electron chi connectivity index (χ0n) is 14.1. The minimum absolute atomic E-state index is 0.0856. The zero-order chi connectivity index (χ0) is 18.2. The van der Waals surface area contributed by atoms with Crippen molar-refractivity contribution in [1.82, 2.24) is 20.6 Å². The van der Waals surface area contributed by atoms with E-state index >= 15 is 0 Å². The summed E-state index contributed by atoms with van der Waals surface area (Å²) in [5.74, 6) is -0.0856. The Bertz CT molecular complexity index is 843. The molecule has 2 aromatic heterocycles. The van der Waals surface area contributed by atoms with E-state index < -0.39 is 6.04 Å². The summed E-state index contributed by atoms with van der Waals surface area (Å²) < 4.78 is 0.891. The Balaban J connectivity index is 1.73. The van der Waals surface area contributed by atoms with Crippen LogP contribution < -0.4 is 10.6 Å². The second-order valence-corrected chi connectivity index (χ2v) is 6.62. The largest absolute Gasteiger partial charge is 0.350 e. The Morgan fingerprint density at radius 3 is 2.46 bits per heavy atom. The number of amides is 1. The number of halogens is 1. The van der Waals surface area contributed by atoms with E-state index in [-0.39, 0.29) is 5.91 Å². The van der Waals surface area contributed by atoms with Crippen molar-refractivity contribution in [3.63, 3.8) is 0 Å². The average Bonchev–Trinajstić information content (AvgIpc) is 2.69. The van der Waals surface area contributed by atoms with Crippen molar-refractivity contribution >= 4 is 21.8 Å². The fraction of sp³-hybridized carbons (Fsp3) is 0.150. The molecule has 0 aliphatic carbocycles. The average molecular weight is 411 g/mol. The third kappa shape index (κ3) is 4.97. The standard InChI is InChI=1S/C20H19BrN4O/c21-18-6-2-1-5-17(18)19(24-14-16-4-3-9-23-12-16)20(26)25-13-15-7-10-22-11-8-15/h1-12,19,24H,13-14H2,(H,25,26). The van der Waals surface area contributed by atoms with Gasteiger partial charge in [-0.1, -0.05) is 40.2 Å². The normalized spacial score (nSPS) is 11.7. The van der Waals surface area contributed by atoms with Crippen LogP contribution in [0.4, 0.5) is 0 Å². The molecule has 0 aliphatic heterocycles. The first-order valence-corrected chi connectivity index (χ1v) is 9.06. The molecule has 0 spiro atoms. The molecule has 0 saturated heterocycles. The van der Waals surface area contributed by atoms with Crippen molar-refractivity contribution in [3.05, 3.63) is 94.5 Å². The Labute approximate surface area is 161 Å². The van der Waals surface area contributed by atoms with Crippen LogP contribution in [0.25, 0.3) is 0 Å². The van der Waals surface area contributed by atoms with Gasteiger partial charge >= 0.3 is 0 Å². The molecule has 1 atom stereocenters. The maximum absolute atomic E-state index is 12.9. The van der Waals surface area contributed by atoms with E-state index in [1.165, 1.54) is 0 Å². The Morgan fingerprint density at radius 2 is 1.73 bits per heavy atom. The molecule has 3 aromatic rings. The zero-order valence-corrected chi connectivity index (χ0v) is 15.7. The van der Waals surface area contributed by atoms with E-state index in [4.69, 9.17) is 0 Å². The van der Waals surface area contributed by atoms with Crippen molar-refractivity contribution in [3.8, 4) is 0 Å². The molecule has 0 bridgehead atoms. The van der Waals surface area contributed by atoms with Gasteiger partial charge in [-0.05, 0) is 41.0 Å². The molecule has 1 aromatic carbocycles. The van der Waals surface area contributed by atoms with Crippen LogP contribution in [0.3, 0.4) is 0 Å². The molecule has 5 nitrogen and oxygen atoms in total. The smallest absolute Gasteiger partial charge is 0.242 e. The number of rotatable bonds is 7. The molecule has 0 aliphatic rings. The fourth-order valence-corrected chi connectivity index (χ4v) is 3.08. The van der Waals surface area contributed by atoms with Crippen LogP contribution in [-0.2, 0) is 17.9 Å². The van der Waals surface area contributed by atoms with Gasteiger partial charge in [0.15, 0.2) is 0 Å². The van der Waals surface area contributed by atoms with Gasteiger partial charge in [0.05, 0.1) is 0 Å². The molecular weight excluding hydrogens is 392 g/mol. The Hall–Kier alpha value is -2.57. The molecule has 26 heavy (non-hydrogen) atoms. The summed E-state index contributed by atoms with van der Waals surface area (Å²) in [5, 5.41) is 6.33. The minimum atomic E-state index is -0.479. The van der Waals surface area contributed by atoms with Gasteiger partial charge in [-0.3, -0.25) is 20.1 Å². The van der Waals surface area contributed by atoms with Gasteiger partial charge in [-0.2, -0.15) is 0 Å². The highest BCUT2D eigenvalue weighted by Crippen LogP contribution is 2.24. The number of hydrogen-bond acceptors (Lipinski definition) is 4. The monoisotopic (exact) mass is 410 g/mol. The molecule has 0 fully saturated rings. The van der Waals surface area contributed by atoms with Crippen molar-refractivity contribution in [2.24, 2.45) is 0 Å². The Morgan fingerprint density at radius 1 is 0.923 bits per heavy atom. The van der Waals surface area contributed by atoms with Crippen LogP contribution in [0.1, 0.15) is 22.7 Å². The molecule has 1 unspecified atom stereocenters. The van der Waals surface area contributed by atoms with Crippen LogP contribution in [-0.4, -0.2) is 15.9 Å². The highest BCUT2D eigenvalue weighted by atomic mass is 79.9. The fourth-order valence-electron chi connectivity index (χ4n) is 2.57. The number of pyridine rings is 2. The van der Waals surface area contributed by atoms with Gasteiger partial charge in [-0.25, -0.2) is 0 Å². The first-order chi connectivity index (χ1) is 12.7. The quantitative estimate of drug-likeness (QED) is 0.626. The molecule has 2 heterocycles. The summed E-state index contributed by atoms with van der Waals surface area (Å²) in [6.45, 7) is 0.999. The number of nitrogens with one attached hydrogen (secondary N) is 2. The number of aromatic nitrogens is 2. The third-order valence-corrected chi connectivity index (χ3v) is 4.65. The van der Waals surface area contributed by atoms with E-state index in [1.807, 2.05) is 48.5 Å². The first kappa shape index (κ1) is 18.2. The van der Waals surface area contributed by atoms with E-state index in [0.717, 1.165) is 21.2 Å². The van der Waals surface area contributed by atoms with Crippen LogP contribution in [0, 0.1) is 0 Å². The predicted octanol–water partition coefficient (Wildman–Crippen LogP) is 3.39. The van der Waals surface area contributed by atoms with Crippen LogP contribution >= 0.6 is 15.9 Å². The summed E-state index contributed by atoms with van der Waals surface area (Å²) >= 11 is 3.55. The van der Waals surface area contributed by atoms with E-state index in [1.54, 1.807) is 24.8 Å². The number of nitrogens with zero attached hydrogens (tertiary/aromatic N) is 2. The molecule has 0 saturated carbocycles. The molecule has 0 radical (unpaired) electrons. The van der Waals surface area contributed by atoms with E-state index in [9.17, 15) is 4.79 Å². The van der Waals surface area contributed by atoms with Crippen molar-refractivity contribution in [2.45, 2.75) is 19.1 Å². The topological polar surface area (TPSA) is 66.9 Å². The lowest BCUT2D eigenvalue weighted by atomic mass is 10.1. The number of benzene rings is 1. The van der Waals surface area contributed by atoms with Gasteiger partial charge in [0.25, 0.3) is 0 Å². The highest BCUT2D eigenvalue weighted by molar-refractivity contribution is 9.10. The Kier molecular flexibility index (Phi) is 6.46. The minimum Gasteiger partial charge on any atom is -0.350 e. The van der Waals surface area contributed by atoms with Crippen molar-refractivity contribution < 1.29 is 4.79 Å². The molecule has 132 valence electrons. The summed E-state index contributed by atoms with van der Waals surface area (Å²) in [6, 6.07) is 14.9. The summed E-state index contributed by atoms with van der Waals surface area (Å²) in [5.41, 5.74) is 2.92. The molecule has 2 N–H and O–H groups in total. The lowest BCUT2D eigenvalue weighted by Gasteiger charge is -2.20. The van der Waals surface area contributed by atoms with Crippen LogP contribution in [0.2, 0.25) is 0 Å². The van der Waals surface area contributed by atoms with E-state index in [0.29, 0.717) is 13.1 Å². The number of carbonyl (C=O) groups is 1. The second-order valence-electron chi connectivity index (χ2n) is 5.77. The van der Waals surface area contributed by atoms with Gasteiger partial charge in [0.1, 0.15) is 6.04 Å². The van der Waals surface area contributed by atoms with Crippen LogP contribution in [0.5, 0.6) is 0 Å². The number of carbonyl (C=O) groups excluding carboxylic acids is 1. The second kappa shape index (κ2) is 9.22. The summed E-state index contributed by atoms with van der Waals surface area (Å²) in [4.78, 5) is 21.0. The molecular formula is C20H19BrN4O. The van der Waals surface area contributed by atoms with Gasteiger partial charge < -0.3 is 5.32 Å². The lowest BCUT2D eigenvalue weighted by Crippen LogP contribution is -2.37. The van der Waals surface area contributed by atoms with Gasteiger partial charge in [0.2, 0.25) is 5.91 Å². The lowest BCUT2D eigenvalue weighted by molar-refractivity contribution is -0.123. The SMILES string of the molecule is O=C(NCc1ccncc1)C(NCc1cccnc1)c1ccccc1Br. The highest BCUT2D eigenvalue weighted by Gasteiger charge is 2.22. The number of hydrogen-bond donors (Lipinski definition) is 2. The maximum atomic E-state index is 12.9. The summed E-state index contributed by atoms with van der Waals surface area (Å²) in [6.07, 6.45) is 6.95. The third-order valence-electron chi connectivity index (χ3n) is 3.93. The summed E-state index contributed by atoms with van der Waals surface area (Å²) in [7, 11) is 0. The van der Waals surface area contributed by atoms with Crippen molar-refractivity contribution in [1.29, 1.82) is 0 Å². The van der Waals surface area contributed by atoms with E-state index in [2.05, 4.69) is 36.5 Å². The first-order valence-electron chi connectivity index (χ1n) is 8.27. The molecule has 1 amide bonds.